The zero-order valence-electron chi connectivity index (χ0n) is 16.8. The molecule has 0 aliphatic carbocycles. The highest BCUT2D eigenvalue weighted by Crippen LogP contribution is 2.34. The Kier molecular flexibility index (Phi) is 6.57. The first kappa shape index (κ1) is 22.7. The summed E-state index contributed by atoms with van der Waals surface area (Å²) in [4.78, 5) is 52.5. The predicted octanol–water partition coefficient (Wildman–Crippen LogP) is 4.43. The van der Waals surface area contributed by atoms with Crippen molar-refractivity contribution in [3.8, 4) is 0 Å². The normalized spacial score (nSPS) is 17.7. The molecule has 1 aliphatic heterocycles. The van der Waals surface area contributed by atoms with Gasteiger partial charge in [-0.1, -0.05) is 63.9 Å². The van der Waals surface area contributed by atoms with E-state index < -0.39 is 36.0 Å². The summed E-state index contributed by atoms with van der Waals surface area (Å²) in [6.45, 7) is 0. The van der Waals surface area contributed by atoms with Crippen LogP contribution in [-0.2, 0) is 19.1 Å². The van der Waals surface area contributed by atoms with Crippen LogP contribution in [0.2, 0.25) is 5.02 Å². The summed E-state index contributed by atoms with van der Waals surface area (Å²) in [5.74, 6) is -3.43. The molecule has 3 aromatic rings. The lowest BCUT2D eigenvalue weighted by atomic mass is 10.2. The molecular weight excluding hydrogens is 514 g/mol. The molecule has 0 spiro atoms. The van der Waals surface area contributed by atoms with Crippen molar-refractivity contribution in [1.82, 2.24) is 0 Å². The van der Waals surface area contributed by atoms with Crippen molar-refractivity contribution in [2.75, 3.05) is 4.90 Å². The van der Waals surface area contributed by atoms with Gasteiger partial charge in [-0.2, -0.15) is 0 Å². The van der Waals surface area contributed by atoms with Crippen molar-refractivity contribution >= 4 is 57.0 Å². The van der Waals surface area contributed by atoms with Gasteiger partial charge < -0.3 is 9.47 Å². The number of esters is 2. The van der Waals surface area contributed by atoms with Crippen LogP contribution >= 0.6 is 27.5 Å². The molecule has 166 valence electrons. The molecule has 1 aliphatic rings. The van der Waals surface area contributed by atoms with E-state index in [4.69, 9.17) is 21.1 Å². The van der Waals surface area contributed by atoms with E-state index in [9.17, 15) is 19.2 Å². The largest absolute Gasteiger partial charge is 0.444 e. The maximum Gasteiger partial charge on any atom is 0.339 e. The van der Waals surface area contributed by atoms with Gasteiger partial charge in [0.2, 0.25) is 12.2 Å². The van der Waals surface area contributed by atoms with Crippen molar-refractivity contribution in [3.63, 3.8) is 0 Å². The van der Waals surface area contributed by atoms with Crippen molar-refractivity contribution in [1.29, 1.82) is 0 Å². The zero-order valence-corrected chi connectivity index (χ0v) is 19.2. The maximum atomic E-state index is 13.2. The summed E-state index contributed by atoms with van der Waals surface area (Å²) in [7, 11) is 0. The second kappa shape index (κ2) is 9.56. The molecule has 0 bridgehead atoms. The van der Waals surface area contributed by atoms with Gasteiger partial charge in [0.1, 0.15) is 0 Å². The van der Waals surface area contributed by atoms with E-state index in [0.29, 0.717) is 4.47 Å². The second-order valence-corrected chi connectivity index (χ2v) is 8.31. The number of carbonyl (C=O) groups is 4. The van der Waals surface area contributed by atoms with Gasteiger partial charge in [0.25, 0.3) is 11.8 Å². The van der Waals surface area contributed by atoms with Crippen molar-refractivity contribution in [3.05, 3.63) is 99.5 Å². The van der Waals surface area contributed by atoms with E-state index in [-0.39, 0.29) is 21.8 Å². The maximum absolute atomic E-state index is 13.2. The number of halogens is 2. The third kappa shape index (κ3) is 4.67. The minimum Gasteiger partial charge on any atom is -0.444 e. The average molecular weight is 529 g/mol. The summed E-state index contributed by atoms with van der Waals surface area (Å²) in [6.07, 6.45) is -3.37. The molecule has 3 aromatic carbocycles. The van der Waals surface area contributed by atoms with E-state index in [2.05, 4.69) is 15.9 Å². The molecule has 2 amide bonds. The van der Waals surface area contributed by atoms with E-state index in [1.54, 1.807) is 42.5 Å². The lowest BCUT2D eigenvalue weighted by Crippen LogP contribution is -2.37. The van der Waals surface area contributed by atoms with Gasteiger partial charge in [-0.25, -0.2) is 14.5 Å². The number of amides is 2. The van der Waals surface area contributed by atoms with Crippen molar-refractivity contribution in [2.45, 2.75) is 12.2 Å². The first-order valence-electron chi connectivity index (χ1n) is 9.72. The van der Waals surface area contributed by atoms with Crippen LogP contribution in [0.5, 0.6) is 0 Å². The third-order valence-corrected chi connectivity index (χ3v) is 5.64. The van der Waals surface area contributed by atoms with E-state index in [0.717, 1.165) is 4.90 Å². The first-order valence-corrected chi connectivity index (χ1v) is 10.9. The van der Waals surface area contributed by atoms with Crippen LogP contribution in [-0.4, -0.2) is 36.0 Å². The van der Waals surface area contributed by atoms with Gasteiger partial charge in [0.15, 0.2) is 0 Å². The summed E-state index contributed by atoms with van der Waals surface area (Å²) < 4.78 is 11.4. The van der Waals surface area contributed by atoms with Crippen molar-refractivity contribution in [2.24, 2.45) is 0 Å². The summed E-state index contributed by atoms with van der Waals surface area (Å²) in [6, 6.07) is 20.5. The fourth-order valence-corrected chi connectivity index (χ4v) is 4.02. The van der Waals surface area contributed by atoms with E-state index in [1.165, 1.54) is 36.4 Å². The molecule has 1 fully saturated rings. The summed E-state index contributed by atoms with van der Waals surface area (Å²) in [5.41, 5.74) is 0.422. The molecule has 1 saturated heterocycles. The Labute approximate surface area is 202 Å². The van der Waals surface area contributed by atoms with Gasteiger partial charge in [-0.05, 0) is 42.5 Å². The number of ether oxygens (including phenoxy) is 2. The number of carbonyl (C=O) groups excluding carboxylic acids is 4. The number of hydrogen-bond acceptors (Lipinski definition) is 6. The summed E-state index contributed by atoms with van der Waals surface area (Å²) >= 11 is 9.51. The van der Waals surface area contributed by atoms with Gasteiger partial charge in [0, 0.05) is 4.47 Å². The number of imide groups is 1. The number of benzene rings is 3. The molecule has 2 atom stereocenters. The van der Waals surface area contributed by atoms with Crippen LogP contribution in [0, 0.1) is 0 Å². The molecule has 0 aromatic heterocycles. The van der Waals surface area contributed by atoms with Gasteiger partial charge in [-0.3, -0.25) is 9.59 Å². The average Bonchev–Trinajstić information content (AvgIpc) is 3.04. The zero-order chi connectivity index (χ0) is 23.5. The fraction of sp³-hybridized carbons (Fsp3) is 0.0833. The standard InChI is InChI=1S/C24H15BrClNO6/c25-16-11-12-18(17(26)13-16)27-21(28)19(32-23(30)14-7-3-1-4-8-14)20(22(27)29)33-24(31)15-9-5-2-6-10-15/h1-13,19-20H/t19-,20+. The molecule has 1 heterocycles. The lowest BCUT2D eigenvalue weighted by Gasteiger charge is -2.16. The van der Waals surface area contributed by atoms with Crippen LogP contribution in [0.4, 0.5) is 5.69 Å². The van der Waals surface area contributed by atoms with Crippen LogP contribution in [0.1, 0.15) is 20.7 Å². The molecule has 7 nitrogen and oxygen atoms in total. The Hall–Kier alpha value is -3.49. The topological polar surface area (TPSA) is 90.0 Å². The number of anilines is 1. The molecular formula is C24H15BrClNO6. The minimum absolute atomic E-state index is 0.0777. The van der Waals surface area contributed by atoms with E-state index in [1.807, 2.05) is 0 Å². The molecule has 9 heteroatoms. The molecule has 4 rings (SSSR count). The lowest BCUT2D eigenvalue weighted by molar-refractivity contribution is -0.130. The molecule has 33 heavy (non-hydrogen) atoms. The molecule has 0 saturated carbocycles. The Bertz CT molecular complexity index is 1160. The monoisotopic (exact) mass is 527 g/mol. The van der Waals surface area contributed by atoms with Gasteiger partial charge in [-0.15, -0.1) is 0 Å². The third-order valence-electron chi connectivity index (χ3n) is 4.84. The van der Waals surface area contributed by atoms with Crippen LogP contribution in [0.3, 0.4) is 0 Å². The molecule has 0 N–H and O–H groups in total. The highest BCUT2D eigenvalue weighted by molar-refractivity contribution is 9.10. The highest BCUT2D eigenvalue weighted by atomic mass is 79.9. The Balaban J connectivity index is 1.68. The Morgan fingerprint density at radius 3 is 1.64 bits per heavy atom. The number of nitrogens with zero attached hydrogens (tertiary/aromatic N) is 1. The molecule has 0 radical (unpaired) electrons. The van der Waals surface area contributed by atoms with Crippen molar-refractivity contribution < 1.29 is 28.7 Å². The second-order valence-electron chi connectivity index (χ2n) is 6.99. The number of hydrogen-bond donors (Lipinski definition) is 0. The quantitative estimate of drug-likeness (QED) is 0.360. The first-order chi connectivity index (χ1) is 15.9. The van der Waals surface area contributed by atoms with Crippen LogP contribution < -0.4 is 4.90 Å². The van der Waals surface area contributed by atoms with Gasteiger partial charge >= 0.3 is 11.9 Å². The Morgan fingerprint density at radius 1 is 0.758 bits per heavy atom. The van der Waals surface area contributed by atoms with Gasteiger partial charge in [0.05, 0.1) is 21.8 Å². The minimum atomic E-state index is -1.68. The predicted molar refractivity (Wildman–Crippen MR) is 123 cm³/mol. The Morgan fingerprint density at radius 2 is 1.21 bits per heavy atom. The molecule has 0 unspecified atom stereocenters. The van der Waals surface area contributed by atoms with Crippen LogP contribution in [0.25, 0.3) is 0 Å². The summed E-state index contributed by atoms with van der Waals surface area (Å²) in [5, 5.41) is 0.106. The van der Waals surface area contributed by atoms with E-state index >= 15 is 0 Å². The van der Waals surface area contributed by atoms with Crippen LogP contribution in [0.15, 0.2) is 83.3 Å². The number of rotatable bonds is 5. The smallest absolute Gasteiger partial charge is 0.339 e. The SMILES string of the molecule is O=C(O[C@@H]1C(=O)N(c2ccc(Br)cc2Cl)C(=O)[C@@H]1OC(=O)c1ccccc1)c1ccccc1. The highest BCUT2D eigenvalue weighted by Gasteiger charge is 2.54. The fourth-order valence-electron chi connectivity index (χ4n) is 3.26.